The summed E-state index contributed by atoms with van der Waals surface area (Å²) in [7, 11) is 0. The quantitative estimate of drug-likeness (QED) is 0.244. The molecule has 31 heavy (non-hydrogen) atoms. The van der Waals surface area contributed by atoms with Crippen LogP contribution >= 0.6 is 23.1 Å². The first-order chi connectivity index (χ1) is 14.9. The summed E-state index contributed by atoms with van der Waals surface area (Å²) < 4.78 is 13.8. The molecule has 2 aromatic carbocycles. The van der Waals surface area contributed by atoms with Gasteiger partial charge in [0.1, 0.15) is 5.82 Å². The smallest absolute Gasteiger partial charge is 0.270 e. The van der Waals surface area contributed by atoms with Gasteiger partial charge < -0.3 is 4.90 Å². The van der Waals surface area contributed by atoms with Gasteiger partial charge in [0.2, 0.25) is 5.91 Å². The number of thioether (sulfide) groups is 1. The Hall–Kier alpha value is -2.56. The molecule has 0 N–H and O–H groups in total. The number of nitrogens with zero attached hydrogens (tertiary/aromatic N) is 4. The molecule has 0 saturated heterocycles. The Balaban J connectivity index is 1.82. The largest absolute Gasteiger partial charge is 0.302 e. The summed E-state index contributed by atoms with van der Waals surface area (Å²) in [5.74, 6) is -0.255. The van der Waals surface area contributed by atoms with Gasteiger partial charge in [0.05, 0.1) is 20.9 Å². The second-order valence-electron chi connectivity index (χ2n) is 6.72. The van der Waals surface area contributed by atoms with Gasteiger partial charge in [-0.15, -0.1) is 11.8 Å². The number of likely N-dealkylation sites (N-methyl/N-ethyl adjacent to an activating group) is 1. The van der Waals surface area contributed by atoms with Crippen molar-refractivity contribution in [3.63, 3.8) is 0 Å². The molecule has 0 aliphatic rings. The fourth-order valence-corrected chi connectivity index (χ4v) is 4.81. The number of nitro benzene ring substituents is 1. The molecule has 0 fully saturated rings. The molecule has 0 atom stereocenters. The zero-order valence-electron chi connectivity index (χ0n) is 17.3. The Kier molecular flexibility index (Phi) is 7.94. The highest BCUT2D eigenvalue weighted by molar-refractivity contribution is 8.00. The van der Waals surface area contributed by atoms with Crippen LogP contribution in [0.1, 0.15) is 13.8 Å². The highest BCUT2D eigenvalue weighted by Crippen LogP contribution is 2.32. The summed E-state index contributed by atoms with van der Waals surface area (Å²) in [5.41, 5.74) is 0.619. The summed E-state index contributed by atoms with van der Waals surface area (Å²) in [6, 6.07) is 10.5. The summed E-state index contributed by atoms with van der Waals surface area (Å²) in [4.78, 5) is 32.9. The highest BCUT2D eigenvalue weighted by Gasteiger charge is 2.21. The lowest BCUT2D eigenvalue weighted by Gasteiger charge is -2.24. The van der Waals surface area contributed by atoms with Gasteiger partial charge in [0.15, 0.2) is 5.13 Å². The number of fused-ring (bicyclic) bond motifs is 1. The zero-order valence-corrected chi connectivity index (χ0v) is 18.9. The molecule has 1 aromatic heterocycles. The maximum absolute atomic E-state index is 13.1. The van der Waals surface area contributed by atoms with Crippen molar-refractivity contribution in [2.24, 2.45) is 0 Å². The average molecular weight is 463 g/mol. The van der Waals surface area contributed by atoms with Crippen LogP contribution in [0, 0.1) is 15.9 Å². The summed E-state index contributed by atoms with van der Waals surface area (Å²) in [5, 5.41) is 11.6. The first kappa shape index (κ1) is 23.1. The molecule has 3 aromatic rings. The normalized spacial score (nSPS) is 11.2. The molecule has 0 aliphatic carbocycles. The number of hydrogen-bond acceptors (Lipinski definition) is 7. The van der Waals surface area contributed by atoms with Crippen LogP contribution in [0.5, 0.6) is 0 Å². The first-order valence-electron chi connectivity index (χ1n) is 9.87. The molecule has 1 amide bonds. The monoisotopic (exact) mass is 462 g/mol. The Morgan fingerprint density at radius 3 is 2.52 bits per heavy atom. The molecule has 0 unspecified atom stereocenters. The van der Waals surface area contributed by atoms with Crippen LogP contribution in [0.25, 0.3) is 10.2 Å². The van der Waals surface area contributed by atoms with Gasteiger partial charge in [0.25, 0.3) is 5.69 Å². The van der Waals surface area contributed by atoms with Gasteiger partial charge in [0, 0.05) is 30.1 Å². The van der Waals surface area contributed by atoms with Gasteiger partial charge >= 0.3 is 0 Å². The van der Waals surface area contributed by atoms with Crippen LogP contribution in [-0.4, -0.2) is 52.6 Å². The number of benzene rings is 2. The van der Waals surface area contributed by atoms with Crippen molar-refractivity contribution in [3.05, 3.63) is 58.4 Å². The molecule has 3 rings (SSSR count). The minimum Gasteiger partial charge on any atom is -0.302 e. The predicted octanol–water partition coefficient (Wildman–Crippen LogP) is 4.81. The van der Waals surface area contributed by atoms with Crippen molar-refractivity contribution >= 4 is 50.0 Å². The fourth-order valence-electron chi connectivity index (χ4n) is 2.99. The highest BCUT2D eigenvalue weighted by atomic mass is 32.2. The number of anilines is 1. The molecular weight excluding hydrogens is 439 g/mol. The van der Waals surface area contributed by atoms with Crippen molar-refractivity contribution in [3.8, 4) is 0 Å². The van der Waals surface area contributed by atoms with Crippen LogP contribution in [0.2, 0.25) is 0 Å². The van der Waals surface area contributed by atoms with Gasteiger partial charge in [-0.05, 0) is 43.4 Å². The fraction of sp³-hybridized carbons (Fsp3) is 0.333. The van der Waals surface area contributed by atoms with E-state index in [1.165, 1.54) is 47.4 Å². The van der Waals surface area contributed by atoms with E-state index in [0.717, 1.165) is 18.0 Å². The number of amides is 1. The number of carbonyl (C=O) groups is 1. The number of nitro groups is 1. The minimum absolute atomic E-state index is 0.00409. The Labute approximate surface area is 188 Å². The lowest BCUT2D eigenvalue weighted by molar-refractivity contribution is -0.384. The van der Waals surface area contributed by atoms with E-state index in [2.05, 4.69) is 23.7 Å². The van der Waals surface area contributed by atoms with Crippen molar-refractivity contribution in [2.75, 3.05) is 36.8 Å². The number of thiazole rings is 1. The van der Waals surface area contributed by atoms with Crippen molar-refractivity contribution in [1.82, 2.24) is 9.88 Å². The Morgan fingerprint density at radius 1 is 1.16 bits per heavy atom. The second-order valence-corrected chi connectivity index (χ2v) is 8.78. The molecule has 0 radical (unpaired) electrons. The Bertz CT molecular complexity index is 1050. The van der Waals surface area contributed by atoms with E-state index in [1.54, 1.807) is 23.1 Å². The summed E-state index contributed by atoms with van der Waals surface area (Å²) in [6.45, 7) is 7.03. The topological polar surface area (TPSA) is 79.6 Å². The molecule has 0 saturated carbocycles. The number of rotatable bonds is 10. The van der Waals surface area contributed by atoms with E-state index in [0.29, 0.717) is 28.4 Å². The average Bonchev–Trinajstić information content (AvgIpc) is 3.19. The van der Waals surface area contributed by atoms with Crippen LogP contribution in [0.4, 0.5) is 15.2 Å². The molecular formula is C21H23FN4O3S2. The van der Waals surface area contributed by atoms with Gasteiger partial charge in [-0.3, -0.25) is 19.8 Å². The Morgan fingerprint density at radius 2 is 1.87 bits per heavy atom. The molecule has 0 bridgehead atoms. The van der Waals surface area contributed by atoms with Crippen LogP contribution in [0.15, 0.2) is 47.4 Å². The first-order valence-corrected chi connectivity index (χ1v) is 11.7. The van der Waals surface area contributed by atoms with E-state index in [4.69, 9.17) is 0 Å². The SMILES string of the molecule is CCN(CC)CCN(C(=O)CSc1ccc(F)cc1)c1nc2ccc([N+](=O)[O-])cc2s1. The van der Waals surface area contributed by atoms with Crippen LogP contribution in [-0.2, 0) is 4.79 Å². The van der Waals surface area contributed by atoms with Gasteiger partial charge in [-0.2, -0.15) is 0 Å². The zero-order chi connectivity index (χ0) is 22.4. The molecule has 10 heteroatoms. The molecule has 0 spiro atoms. The third-order valence-corrected chi connectivity index (χ3v) is 6.85. The maximum atomic E-state index is 13.1. The minimum atomic E-state index is -0.443. The van der Waals surface area contributed by atoms with Crippen molar-refractivity contribution in [1.29, 1.82) is 0 Å². The standard InChI is InChI=1S/C21H23FN4O3S2/c1-3-24(4-2)11-12-25(20(27)14-30-17-8-5-15(22)6-9-17)21-23-18-10-7-16(26(28)29)13-19(18)31-21/h5-10,13H,3-4,11-12,14H2,1-2H3. The van der Waals surface area contributed by atoms with Gasteiger partial charge in [-0.1, -0.05) is 25.2 Å². The van der Waals surface area contributed by atoms with E-state index < -0.39 is 4.92 Å². The number of hydrogen-bond donors (Lipinski definition) is 0. The molecule has 7 nitrogen and oxygen atoms in total. The molecule has 1 heterocycles. The third-order valence-electron chi connectivity index (χ3n) is 4.81. The molecule has 164 valence electrons. The summed E-state index contributed by atoms with van der Waals surface area (Å²) >= 11 is 2.60. The number of non-ortho nitro benzene ring substituents is 1. The number of carbonyl (C=O) groups excluding carboxylic acids is 1. The van der Waals surface area contributed by atoms with Crippen molar-refractivity contribution < 1.29 is 14.1 Å². The second kappa shape index (κ2) is 10.7. The van der Waals surface area contributed by atoms with Crippen LogP contribution < -0.4 is 4.90 Å². The van der Waals surface area contributed by atoms with E-state index in [9.17, 15) is 19.3 Å². The van der Waals surface area contributed by atoms with Crippen molar-refractivity contribution in [2.45, 2.75) is 18.7 Å². The lowest BCUT2D eigenvalue weighted by atomic mass is 10.3. The predicted molar refractivity (Wildman–Crippen MR) is 124 cm³/mol. The van der Waals surface area contributed by atoms with Crippen LogP contribution in [0.3, 0.4) is 0 Å². The maximum Gasteiger partial charge on any atom is 0.270 e. The lowest BCUT2D eigenvalue weighted by Crippen LogP contribution is -2.39. The van der Waals surface area contributed by atoms with E-state index in [1.807, 2.05) is 0 Å². The van der Waals surface area contributed by atoms with E-state index >= 15 is 0 Å². The third kappa shape index (κ3) is 5.99. The number of halogens is 1. The van der Waals surface area contributed by atoms with E-state index in [-0.39, 0.29) is 23.2 Å². The summed E-state index contributed by atoms with van der Waals surface area (Å²) in [6.07, 6.45) is 0. The molecule has 0 aliphatic heterocycles. The van der Waals surface area contributed by atoms with Gasteiger partial charge in [-0.25, -0.2) is 9.37 Å². The number of aromatic nitrogens is 1.